The molecule has 0 unspecified atom stereocenters. The van der Waals surface area contributed by atoms with Gasteiger partial charge in [-0.25, -0.2) is 0 Å². The lowest BCUT2D eigenvalue weighted by atomic mass is 9.92. The van der Waals surface area contributed by atoms with E-state index in [1.165, 1.54) is 33.6 Å². The van der Waals surface area contributed by atoms with Gasteiger partial charge >= 0.3 is 0 Å². The van der Waals surface area contributed by atoms with E-state index in [0.29, 0.717) is 23.7 Å². The maximum absolute atomic E-state index is 3.87. The standard InChI is InChI=1S/C27H43N3/c1-17(2)21-13-11-14-22(18(3)4)25(21)28-27(30(9)10)29-26-23(19(5)6)15-12-16-24(26)20(7)8/h11-20,27-29H,1-10H3. The summed E-state index contributed by atoms with van der Waals surface area (Å²) < 4.78 is 0. The summed E-state index contributed by atoms with van der Waals surface area (Å²) in [7, 11) is 4.26. The number of nitrogens with zero attached hydrogens (tertiary/aromatic N) is 1. The fourth-order valence-electron chi connectivity index (χ4n) is 4.00. The van der Waals surface area contributed by atoms with E-state index in [1.807, 2.05) is 0 Å². The van der Waals surface area contributed by atoms with Crippen LogP contribution in [0.2, 0.25) is 0 Å². The molecule has 0 bridgehead atoms. The molecule has 0 saturated heterocycles. The largest absolute Gasteiger partial charge is 0.352 e. The van der Waals surface area contributed by atoms with E-state index < -0.39 is 0 Å². The van der Waals surface area contributed by atoms with E-state index in [0.717, 1.165) is 0 Å². The quantitative estimate of drug-likeness (QED) is 0.419. The van der Waals surface area contributed by atoms with Gasteiger partial charge in [0.15, 0.2) is 6.29 Å². The molecule has 0 aliphatic carbocycles. The molecule has 0 fully saturated rings. The summed E-state index contributed by atoms with van der Waals surface area (Å²) in [5.41, 5.74) is 8.02. The second-order valence-electron chi connectivity index (χ2n) is 9.90. The number of benzene rings is 2. The van der Waals surface area contributed by atoms with Crippen molar-refractivity contribution in [3.63, 3.8) is 0 Å². The molecule has 2 rings (SSSR count). The van der Waals surface area contributed by atoms with Crippen molar-refractivity contribution in [1.29, 1.82) is 0 Å². The molecule has 0 spiro atoms. The fraction of sp³-hybridized carbons (Fsp3) is 0.556. The van der Waals surface area contributed by atoms with Gasteiger partial charge < -0.3 is 10.6 Å². The lowest BCUT2D eigenvalue weighted by Gasteiger charge is -2.33. The highest BCUT2D eigenvalue weighted by atomic mass is 15.4. The van der Waals surface area contributed by atoms with Gasteiger partial charge in [-0.3, -0.25) is 4.90 Å². The number of hydrogen-bond donors (Lipinski definition) is 2. The molecule has 0 amide bonds. The second-order valence-corrected chi connectivity index (χ2v) is 9.90. The molecule has 0 aliphatic rings. The zero-order valence-corrected chi connectivity index (χ0v) is 20.8. The first-order chi connectivity index (χ1) is 14.0. The second kappa shape index (κ2) is 10.3. The molecule has 30 heavy (non-hydrogen) atoms. The van der Waals surface area contributed by atoms with Crippen molar-refractivity contribution in [2.24, 2.45) is 0 Å². The Bertz CT molecular complexity index is 701. The van der Waals surface area contributed by atoms with Crippen LogP contribution in [0.1, 0.15) is 101 Å². The van der Waals surface area contributed by atoms with Gasteiger partial charge in [0.25, 0.3) is 0 Å². The van der Waals surface area contributed by atoms with E-state index in [4.69, 9.17) is 0 Å². The molecule has 3 nitrogen and oxygen atoms in total. The van der Waals surface area contributed by atoms with Crippen LogP contribution in [0.3, 0.4) is 0 Å². The van der Waals surface area contributed by atoms with Crippen LogP contribution in [-0.4, -0.2) is 25.3 Å². The minimum absolute atomic E-state index is 0.0141. The average Bonchev–Trinajstić information content (AvgIpc) is 2.66. The summed E-state index contributed by atoms with van der Waals surface area (Å²) in [6.45, 7) is 18.2. The van der Waals surface area contributed by atoms with Gasteiger partial charge in [0.05, 0.1) is 0 Å². The van der Waals surface area contributed by atoms with Crippen molar-refractivity contribution in [2.75, 3.05) is 24.7 Å². The Morgan fingerprint density at radius 2 is 0.800 bits per heavy atom. The SMILES string of the molecule is CC(C)c1cccc(C(C)C)c1NC(Nc1c(C(C)C)cccc1C(C)C)N(C)C. The van der Waals surface area contributed by atoms with E-state index in [9.17, 15) is 0 Å². The molecule has 0 atom stereocenters. The highest BCUT2D eigenvalue weighted by Gasteiger charge is 2.21. The molecule has 3 heteroatoms. The minimum atomic E-state index is -0.0141. The van der Waals surface area contributed by atoms with Crippen LogP contribution >= 0.6 is 0 Å². The van der Waals surface area contributed by atoms with E-state index in [2.05, 4.69) is 121 Å². The van der Waals surface area contributed by atoms with E-state index in [-0.39, 0.29) is 6.29 Å². The van der Waals surface area contributed by atoms with Gasteiger partial charge in [0, 0.05) is 11.4 Å². The summed E-state index contributed by atoms with van der Waals surface area (Å²) in [4.78, 5) is 2.22. The maximum Gasteiger partial charge on any atom is 0.155 e. The third-order valence-electron chi connectivity index (χ3n) is 5.82. The van der Waals surface area contributed by atoms with Crippen molar-refractivity contribution < 1.29 is 0 Å². The van der Waals surface area contributed by atoms with Gasteiger partial charge in [0.1, 0.15) is 0 Å². The van der Waals surface area contributed by atoms with Crippen molar-refractivity contribution in [3.05, 3.63) is 58.7 Å². The number of anilines is 2. The Kier molecular flexibility index (Phi) is 8.37. The first kappa shape index (κ1) is 24.3. The Morgan fingerprint density at radius 3 is 1.00 bits per heavy atom. The van der Waals surface area contributed by atoms with E-state index >= 15 is 0 Å². The Hall–Kier alpha value is -2.00. The van der Waals surface area contributed by atoms with Crippen LogP contribution in [0.4, 0.5) is 11.4 Å². The van der Waals surface area contributed by atoms with Gasteiger partial charge in [0.2, 0.25) is 0 Å². The molecular formula is C27H43N3. The monoisotopic (exact) mass is 409 g/mol. The fourth-order valence-corrected chi connectivity index (χ4v) is 4.00. The van der Waals surface area contributed by atoms with Crippen molar-refractivity contribution in [3.8, 4) is 0 Å². The third-order valence-corrected chi connectivity index (χ3v) is 5.82. The predicted octanol–water partition coefficient (Wildman–Crippen LogP) is 7.55. The first-order valence-corrected chi connectivity index (χ1v) is 11.5. The lowest BCUT2D eigenvalue weighted by molar-refractivity contribution is 0.351. The molecule has 0 radical (unpaired) electrons. The van der Waals surface area contributed by atoms with Crippen LogP contribution in [-0.2, 0) is 0 Å². The van der Waals surface area contributed by atoms with Crippen LogP contribution in [0.5, 0.6) is 0 Å². The van der Waals surface area contributed by atoms with Gasteiger partial charge in [-0.15, -0.1) is 0 Å². The smallest absolute Gasteiger partial charge is 0.155 e. The number of hydrogen-bond acceptors (Lipinski definition) is 3. The molecule has 2 aromatic rings. The Labute approximate surface area is 185 Å². The summed E-state index contributed by atoms with van der Waals surface area (Å²) in [6, 6.07) is 13.4. The number of rotatable bonds is 9. The van der Waals surface area contributed by atoms with Crippen molar-refractivity contribution in [1.82, 2.24) is 4.90 Å². The third kappa shape index (κ3) is 5.57. The van der Waals surface area contributed by atoms with Gasteiger partial charge in [-0.1, -0.05) is 91.8 Å². The molecule has 2 aromatic carbocycles. The molecule has 0 aliphatic heterocycles. The van der Waals surface area contributed by atoms with Gasteiger partial charge in [-0.05, 0) is 60.0 Å². The van der Waals surface area contributed by atoms with Crippen LogP contribution in [0, 0.1) is 0 Å². The van der Waals surface area contributed by atoms with Crippen molar-refractivity contribution >= 4 is 11.4 Å². The minimum Gasteiger partial charge on any atom is -0.352 e. The maximum atomic E-state index is 3.87. The molecule has 2 N–H and O–H groups in total. The number of para-hydroxylation sites is 2. The molecule has 0 heterocycles. The summed E-state index contributed by atoms with van der Waals surface area (Å²) in [5.74, 6) is 1.85. The molecular weight excluding hydrogens is 366 g/mol. The topological polar surface area (TPSA) is 27.3 Å². The molecule has 166 valence electrons. The highest BCUT2D eigenvalue weighted by Crippen LogP contribution is 2.35. The zero-order chi connectivity index (χ0) is 22.6. The van der Waals surface area contributed by atoms with Crippen LogP contribution in [0.25, 0.3) is 0 Å². The highest BCUT2D eigenvalue weighted by molar-refractivity contribution is 5.64. The summed E-state index contributed by atoms with van der Waals surface area (Å²) in [6.07, 6.45) is -0.0141. The van der Waals surface area contributed by atoms with Gasteiger partial charge in [-0.2, -0.15) is 0 Å². The molecule has 0 saturated carbocycles. The predicted molar refractivity (Wildman–Crippen MR) is 134 cm³/mol. The van der Waals surface area contributed by atoms with Crippen molar-refractivity contribution in [2.45, 2.75) is 85.4 Å². The summed E-state index contributed by atoms with van der Waals surface area (Å²) in [5, 5.41) is 7.75. The summed E-state index contributed by atoms with van der Waals surface area (Å²) >= 11 is 0. The zero-order valence-electron chi connectivity index (χ0n) is 20.8. The Morgan fingerprint density at radius 1 is 0.533 bits per heavy atom. The average molecular weight is 410 g/mol. The lowest BCUT2D eigenvalue weighted by Crippen LogP contribution is -2.43. The Balaban J connectivity index is 2.53. The number of nitrogens with one attached hydrogen (secondary N) is 2. The van der Waals surface area contributed by atoms with E-state index in [1.54, 1.807) is 0 Å². The van der Waals surface area contributed by atoms with Crippen LogP contribution < -0.4 is 10.6 Å². The molecule has 0 aromatic heterocycles. The van der Waals surface area contributed by atoms with Crippen LogP contribution in [0.15, 0.2) is 36.4 Å². The normalized spacial score (nSPS) is 12.1. The first-order valence-electron chi connectivity index (χ1n) is 11.5.